The minimum atomic E-state index is -0.552. The topological polar surface area (TPSA) is 85.6 Å². The summed E-state index contributed by atoms with van der Waals surface area (Å²) >= 11 is 7.02. The number of halogens is 2. The zero-order valence-corrected chi connectivity index (χ0v) is 19.4. The molecular weight excluding hydrogens is 479 g/mol. The van der Waals surface area contributed by atoms with Crippen LogP contribution < -0.4 is 15.7 Å². The fourth-order valence-electron chi connectivity index (χ4n) is 3.13. The number of carbonyl (C=O) groups excluding carboxylic acids is 1. The number of hydrogen-bond donors (Lipinski definition) is 1. The minimum Gasteiger partial charge on any atom is -0.497 e. The Morgan fingerprint density at radius 3 is 2.68 bits per heavy atom. The third-order valence-electron chi connectivity index (χ3n) is 4.79. The van der Waals surface area contributed by atoms with Gasteiger partial charge < -0.3 is 4.74 Å². The van der Waals surface area contributed by atoms with Crippen LogP contribution >= 0.6 is 23.4 Å². The Hall–Kier alpha value is -3.69. The van der Waals surface area contributed by atoms with Gasteiger partial charge in [-0.25, -0.2) is 14.8 Å². The van der Waals surface area contributed by atoms with Crippen molar-refractivity contribution in [2.45, 2.75) is 5.16 Å². The summed E-state index contributed by atoms with van der Waals surface area (Å²) in [4.78, 5) is 30.2. The maximum Gasteiger partial charge on any atom is 0.266 e. The van der Waals surface area contributed by atoms with E-state index in [0.29, 0.717) is 27.5 Å². The van der Waals surface area contributed by atoms with Gasteiger partial charge >= 0.3 is 0 Å². The number of rotatable bonds is 7. The molecule has 0 saturated heterocycles. The van der Waals surface area contributed by atoms with Crippen molar-refractivity contribution in [2.75, 3.05) is 12.9 Å². The number of methoxy groups -OCH3 is 1. The van der Waals surface area contributed by atoms with Crippen LogP contribution in [0.4, 0.5) is 4.39 Å². The zero-order chi connectivity index (χ0) is 24.1. The van der Waals surface area contributed by atoms with Crippen LogP contribution in [0.1, 0.15) is 5.56 Å². The van der Waals surface area contributed by atoms with Gasteiger partial charge in [0.15, 0.2) is 5.16 Å². The number of nitrogens with zero attached hydrogens (tertiary/aromatic N) is 3. The lowest BCUT2D eigenvalue weighted by Gasteiger charge is -2.13. The number of carbonyl (C=O) groups is 1. The number of fused-ring (bicyclic) bond motifs is 1. The maximum atomic E-state index is 13.8. The number of nitrogens with one attached hydrogen (secondary N) is 1. The smallest absolute Gasteiger partial charge is 0.266 e. The van der Waals surface area contributed by atoms with Crippen LogP contribution in [-0.2, 0) is 4.79 Å². The minimum absolute atomic E-state index is 0.0710. The highest BCUT2D eigenvalue weighted by molar-refractivity contribution is 7.99. The van der Waals surface area contributed by atoms with E-state index in [-0.39, 0.29) is 21.9 Å². The number of amides is 1. The van der Waals surface area contributed by atoms with Crippen molar-refractivity contribution in [1.29, 1.82) is 0 Å². The van der Waals surface area contributed by atoms with Gasteiger partial charge in [-0.3, -0.25) is 14.2 Å². The lowest BCUT2D eigenvalue weighted by molar-refractivity contribution is -0.118. The van der Waals surface area contributed by atoms with Crippen LogP contribution in [0.2, 0.25) is 5.02 Å². The average molecular weight is 497 g/mol. The monoisotopic (exact) mass is 496 g/mol. The van der Waals surface area contributed by atoms with Crippen LogP contribution in [0.5, 0.6) is 5.75 Å². The number of hydrazone groups is 1. The van der Waals surface area contributed by atoms with E-state index in [4.69, 9.17) is 16.3 Å². The van der Waals surface area contributed by atoms with E-state index in [1.165, 1.54) is 22.8 Å². The van der Waals surface area contributed by atoms with Gasteiger partial charge in [0.05, 0.1) is 40.7 Å². The summed E-state index contributed by atoms with van der Waals surface area (Å²) in [7, 11) is 1.56. The molecule has 172 valence electrons. The van der Waals surface area contributed by atoms with Crippen molar-refractivity contribution in [1.82, 2.24) is 15.0 Å². The standard InChI is InChI=1S/C24H18ClFN4O3S/c1-33-16-11-9-15(10-12-16)30-23(32)17-5-2-3-8-21(17)28-24(30)34-14-22(31)29-27-13-18-19(25)6-4-7-20(18)26/h2-13H,14H2,1H3,(H,29,31). The SMILES string of the molecule is COc1ccc(-n2c(SCC(=O)NN=Cc3c(F)cccc3Cl)nc3ccccc3c2=O)cc1. The predicted molar refractivity (Wildman–Crippen MR) is 132 cm³/mol. The Labute approximate surface area is 203 Å². The first-order chi connectivity index (χ1) is 16.5. The Morgan fingerprint density at radius 2 is 1.94 bits per heavy atom. The molecule has 0 spiro atoms. The Balaban J connectivity index is 1.57. The number of thioether (sulfide) groups is 1. The van der Waals surface area contributed by atoms with Crippen LogP contribution in [0.25, 0.3) is 16.6 Å². The molecular formula is C24H18ClFN4O3S. The molecule has 4 rings (SSSR count). The van der Waals surface area contributed by atoms with Crippen molar-refractivity contribution in [3.63, 3.8) is 0 Å². The van der Waals surface area contributed by atoms with Gasteiger partial charge in [-0.1, -0.05) is 41.6 Å². The number of benzene rings is 3. The molecule has 0 fully saturated rings. The molecule has 0 aliphatic rings. The van der Waals surface area contributed by atoms with Gasteiger partial charge in [0, 0.05) is 5.56 Å². The number of para-hydroxylation sites is 1. The second kappa shape index (κ2) is 10.5. The van der Waals surface area contributed by atoms with Crippen molar-refractivity contribution in [3.05, 3.63) is 93.5 Å². The highest BCUT2D eigenvalue weighted by Crippen LogP contribution is 2.23. The summed E-state index contributed by atoms with van der Waals surface area (Å²) < 4.78 is 20.5. The van der Waals surface area contributed by atoms with Crippen molar-refractivity contribution in [2.24, 2.45) is 5.10 Å². The summed E-state index contributed by atoms with van der Waals surface area (Å²) in [5.41, 5.74) is 3.25. The Morgan fingerprint density at radius 1 is 1.18 bits per heavy atom. The lowest BCUT2D eigenvalue weighted by Crippen LogP contribution is -2.24. The van der Waals surface area contributed by atoms with Crippen molar-refractivity contribution in [3.8, 4) is 11.4 Å². The van der Waals surface area contributed by atoms with Gasteiger partial charge in [-0.2, -0.15) is 5.10 Å². The van der Waals surface area contributed by atoms with Crippen LogP contribution in [-0.4, -0.2) is 34.5 Å². The molecule has 0 bridgehead atoms. The molecule has 1 heterocycles. The second-order valence-corrected chi connectivity index (χ2v) is 8.32. The first kappa shape index (κ1) is 23.5. The van der Waals surface area contributed by atoms with Gasteiger partial charge in [0.1, 0.15) is 11.6 Å². The number of ether oxygens (including phenoxy) is 1. The summed E-state index contributed by atoms with van der Waals surface area (Å²) in [6, 6.07) is 18.2. The summed E-state index contributed by atoms with van der Waals surface area (Å²) in [6.07, 6.45) is 1.14. The van der Waals surface area contributed by atoms with Crippen molar-refractivity contribution >= 4 is 46.4 Å². The van der Waals surface area contributed by atoms with Crippen molar-refractivity contribution < 1.29 is 13.9 Å². The van der Waals surface area contributed by atoms with E-state index in [9.17, 15) is 14.0 Å². The fourth-order valence-corrected chi connectivity index (χ4v) is 4.15. The normalized spacial score (nSPS) is 11.1. The van der Waals surface area contributed by atoms with Crippen LogP contribution in [0, 0.1) is 5.82 Å². The van der Waals surface area contributed by atoms with E-state index in [0.717, 1.165) is 18.0 Å². The Bertz CT molecular complexity index is 1420. The third kappa shape index (κ3) is 5.11. The quantitative estimate of drug-likeness (QED) is 0.177. The third-order valence-corrected chi connectivity index (χ3v) is 6.06. The molecule has 1 aromatic heterocycles. The molecule has 0 unspecified atom stereocenters. The number of hydrogen-bond acceptors (Lipinski definition) is 6. The molecule has 0 atom stereocenters. The molecule has 0 saturated carbocycles. The summed E-state index contributed by atoms with van der Waals surface area (Å²) in [5.74, 6) is -0.448. The molecule has 10 heteroatoms. The Kier molecular flexibility index (Phi) is 7.24. The van der Waals surface area contributed by atoms with E-state index in [2.05, 4.69) is 15.5 Å². The van der Waals surface area contributed by atoms with Gasteiger partial charge in [-0.15, -0.1) is 0 Å². The van der Waals surface area contributed by atoms with Gasteiger partial charge in [-0.05, 0) is 48.5 Å². The van der Waals surface area contributed by atoms with E-state index < -0.39 is 11.7 Å². The van der Waals surface area contributed by atoms with Crippen LogP contribution in [0.15, 0.2) is 81.8 Å². The highest BCUT2D eigenvalue weighted by atomic mass is 35.5. The summed E-state index contributed by atoms with van der Waals surface area (Å²) in [5, 5.41) is 4.75. The molecule has 0 radical (unpaired) electrons. The molecule has 34 heavy (non-hydrogen) atoms. The predicted octanol–water partition coefficient (Wildman–Crippen LogP) is 4.43. The molecule has 3 aromatic carbocycles. The zero-order valence-electron chi connectivity index (χ0n) is 17.9. The molecule has 7 nitrogen and oxygen atoms in total. The van der Waals surface area contributed by atoms with E-state index in [1.54, 1.807) is 55.6 Å². The molecule has 0 aliphatic carbocycles. The molecule has 1 N–H and O–H groups in total. The number of aromatic nitrogens is 2. The maximum absolute atomic E-state index is 13.8. The van der Waals surface area contributed by atoms with Crippen LogP contribution in [0.3, 0.4) is 0 Å². The first-order valence-corrected chi connectivity index (χ1v) is 11.4. The molecule has 0 aliphatic heterocycles. The fraction of sp³-hybridized carbons (Fsp3) is 0.0833. The van der Waals surface area contributed by atoms with Gasteiger partial charge in [0.2, 0.25) is 0 Å². The van der Waals surface area contributed by atoms with E-state index >= 15 is 0 Å². The average Bonchev–Trinajstić information content (AvgIpc) is 2.85. The lowest BCUT2D eigenvalue weighted by atomic mass is 10.2. The van der Waals surface area contributed by atoms with Gasteiger partial charge in [0.25, 0.3) is 11.5 Å². The van der Waals surface area contributed by atoms with E-state index in [1.807, 2.05) is 0 Å². The summed E-state index contributed by atoms with van der Waals surface area (Å²) in [6.45, 7) is 0. The second-order valence-electron chi connectivity index (χ2n) is 6.97. The first-order valence-electron chi connectivity index (χ1n) is 10.0. The highest BCUT2D eigenvalue weighted by Gasteiger charge is 2.15. The largest absolute Gasteiger partial charge is 0.497 e. The molecule has 1 amide bonds. The molecule has 4 aromatic rings.